The number of aryl methyl sites for hydroxylation is 1. The van der Waals surface area contributed by atoms with Crippen LogP contribution in [0.2, 0.25) is 0 Å². The number of anilines is 2. The average Bonchev–Trinajstić information content (AvgIpc) is 3.08. The fraction of sp³-hybridized carbons (Fsp3) is 0.217. The summed E-state index contributed by atoms with van der Waals surface area (Å²) in [6.07, 6.45) is 3.34. The largest absolute Gasteiger partial charge is 0.339 e. The van der Waals surface area contributed by atoms with Crippen molar-refractivity contribution >= 4 is 23.6 Å². The number of amides is 1. The molecule has 1 aromatic heterocycles. The number of benzene rings is 2. The van der Waals surface area contributed by atoms with E-state index in [1.54, 1.807) is 30.8 Å². The summed E-state index contributed by atoms with van der Waals surface area (Å²) in [5.74, 6) is -0.986. The van der Waals surface area contributed by atoms with Crippen molar-refractivity contribution in [3.63, 3.8) is 0 Å². The SMILES string of the molecule is Cc1ccc(Nc2c(-c3ccc(F)c(F)c3)nc3n2C=CN(C(=O)C(C)(C)N)C3)cc1. The van der Waals surface area contributed by atoms with Gasteiger partial charge >= 0.3 is 0 Å². The van der Waals surface area contributed by atoms with Crippen molar-refractivity contribution in [2.45, 2.75) is 32.9 Å². The lowest BCUT2D eigenvalue weighted by Crippen LogP contribution is -2.49. The highest BCUT2D eigenvalue weighted by Crippen LogP contribution is 2.34. The summed E-state index contributed by atoms with van der Waals surface area (Å²) in [5, 5.41) is 3.32. The summed E-state index contributed by atoms with van der Waals surface area (Å²) in [7, 11) is 0. The van der Waals surface area contributed by atoms with E-state index in [0.29, 0.717) is 22.9 Å². The number of carbonyl (C=O) groups is 1. The Balaban J connectivity index is 1.79. The van der Waals surface area contributed by atoms with Crippen LogP contribution in [0.5, 0.6) is 0 Å². The first-order chi connectivity index (χ1) is 14.6. The third-order valence-corrected chi connectivity index (χ3v) is 5.01. The zero-order valence-electron chi connectivity index (χ0n) is 17.5. The first-order valence-electron chi connectivity index (χ1n) is 9.82. The molecule has 1 amide bonds. The molecular weight excluding hydrogens is 400 g/mol. The van der Waals surface area contributed by atoms with Crippen LogP contribution in [0.1, 0.15) is 25.2 Å². The van der Waals surface area contributed by atoms with Crippen molar-refractivity contribution < 1.29 is 13.6 Å². The Bertz CT molecular complexity index is 1180. The van der Waals surface area contributed by atoms with Gasteiger partial charge in [0, 0.05) is 23.7 Å². The van der Waals surface area contributed by atoms with Crippen molar-refractivity contribution in [2.24, 2.45) is 5.73 Å². The minimum atomic E-state index is -1.04. The Morgan fingerprint density at radius 2 is 1.81 bits per heavy atom. The maximum Gasteiger partial charge on any atom is 0.246 e. The molecule has 0 unspecified atom stereocenters. The third kappa shape index (κ3) is 4.06. The molecule has 0 aliphatic carbocycles. The van der Waals surface area contributed by atoms with Gasteiger partial charge < -0.3 is 16.0 Å². The predicted octanol–water partition coefficient (Wildman–Crippen LogP) is 4.39. The zero-order chi connectivity index (χ0) is 22.3. The van der Waals surface area contributed by atoms with E-state index in [-0.39, 0.29) is 12.5 Å². The summed E-state index contributed by atoms with van der Waals surface area (Å²) < 4.78 is 29.2. The molecule has 0 radical (unpaired) electrons. The molecule has 0 spiro atoms. The van der Waals surface area contributed by atoms with Gasteiger partial charge in [0.25, 0.3) is 0 Å². The second-order valence-electron chi connectivity index (χ2n) is 8.17. The van der Waals surface area contributed by atoms with Gasteiger partial charge in [-0.25, -0.2) is 13.8 Å². The number of aromatic nitrogens is 2. The van der Waals surface area contributed by atoms with Gasteiger partial charge in [0.05, 0.1) is 12.1 Å². The van der Waals surface area contributed by atoms with E-state index in [1.165, 1.54) is 11.0 Å². The Morgan fingerprint density at radius 3 is 2.45 bits per heavy atom. The van der Waals surface area contributed by atoms with Crippen molar-refractivity contribution in [1.82, 2.24) is 14.5 Å². The van der Waals surface area contributed by atoms with Gasteiger partial charge in [-0.3, -0.25) is 9.36 Å². The monoisotopic (exact) mass is 423 g/mol. The molecule has 1 aliphatic heterocycles. The van der Waals surface area contributed by atoms with E-state index in [1.807, 2.05) is 31.2 Å². The van der Waals surface area contributed by atoms with Crippen LogP contribution >= 0.6 is 0 Å². The Hall–Kier alpha value is -3.52. The lowest BCUT2D eigenvalue weighted by Gasteiger charge is -2.28. The first kappa shape index (κ1) is 20.7. The Kier molecular flexibility index (Phi) is 5.10. The minimum Gasteiger partial charge on any atom is -0.339 e. The van der Waals surface area contributed by atoms with Crippen LogP contribution in [-0.2, 0) is 11.3 Å². The molecule has 0 fully saturated rings. The van der Waals surface area contributed by atoms with Crippen molar-refractivity contribution in [1.29, 1.82) is 0 Å². The average molecular weight is 423 g/mol. The van der Waals surface area contributed by atoms with Gasteiger partial charge in [0.1, 0.15) is 17.3 Å². The molecule has 6 nitrogen and oxygen atoms in total. The lowest BCUT2D eigenvalue weighted by molar-refractivity contribution is -0.133. The van der Waals surface area contributed by atoms with Gasteiger partial charge in [-0.1, -0.05) is 17.7 Å². The molecule has 0 atom stereocenters. The molecule has 160 valence electrons. The highest BCUT2D eigenvalue weighted by molar-refractivity contribution is 5.87. The maximum absolute atomic E-state index is 13.9. The summed E-state index contributed by atoms with van der Waals surface area (Å²) >= 11 is 0. The Morgan fingerprint density at radius 1 is 1.10 bits per heavy atom. The molecule has 3 N–H and O–H groups in total. The number of carbonyl (C=O) groups excluding carboxylic acids is 1. The predicted molar refractivity (Wildman–Crippen MR) is 116 cm³/mol. The lowest BCUT2D eigenvalue weighted by atomic mass is 10.1. The molecule has 8 heteroatoms. The fourth-order valence-corrected chi connectivity index (χ4v) is 3.35. The van der Waals surface area contributed by atoms with Crippen molar-refractivity contribution in [3.8, 4) is 11.3 Å². The molecule has 31 heavy (non-hydrogen) atoms. The molecule has 0 saturated carbocycles. The van der Waals surface area contributed by atoms with E-state index < -0.39 is 17.2 Å². The molecule has 3 aromatic rings. The third-order valence-electron chi connectivity index (χ3n) is 5.01. The number of fused-ring (bicyclic) bond motifs is 1. The van der Waals surface area contributed by atoms with Crippen LogP contribution in [0.25, 0.3) is 17.5 Å². The second kappa shape index (κ2) is 7.63. The van der Waals surface area contributed by atoms with Gasteiger partial charge in [-0.05, 0) is 51.1 Å². The van der Waals surface area contributed by atoms with Gasteiger partial charge in [-0.15, -0.1) is 0 Å². The summed E-state index contributed by atoms with van der Waals surface area (Å²) in [6, 6.07) is 11.4. The van der Waals surface area contributed by atoms with Crippen LogP contribution in [0.15, 0.2) is 48.7 Å². The maximum atomic E-state index is 13.9. The summed E-state index contributed by atoms with van der Waals surface area (Å²) in [6.45, 7) is 5.47. The van der Waals surface area contributed by atoms with Crippen LogP contribution in [0.3, 0.4) is 0 Å². The van der Waals surface area contributed by atoms with Crippen LogP contribution < -0.4 is 11.1 Å². The highest BCUT2D eigenvalue weighted by Gasteiger charge is 2.30. The standard InChI is InChI=1S/C23H23F2N5O/c1-14-4-7-16(8-5-14)27-21-20(15-6-9-17(24)18(25)12-15)28-19-13-29(10-11-30(19)21)22(31)23(2,3)26/h4-12,27H,13,26H2,1-3H3. The number of rotatable bonds is 4. The number of nitrogens with one attached hydrogen (secondary N) is 1. The second-order valence-corrected chi connectivity index (χ2v) is 8.17. The normalized spacial score (nSPS) is 13.3. The van der Waals surface area contributed by atoms with E-state index in [0.717, 1.165) is 23.4 Å². The van der Waals surface area contributed by atoms with Crippen LogP contribution in [0.4, 0.5) is 20.3 Å². The van der Waals surface area contributed by atoms with Gasteiger partial charge in [0.2, 0.25) is 5.91 Å². The highest BCUT2D eigenvalue weighted by atomic mass is 19.2. The summed E-state index contributed by atoms with van der Waals surface area (Å²) in [4.78, 5) is 18.7. The van der Waals surface area contributed by atoms with Crippen LogP contribution in [0, 0.1) is 18.6 Å². The number of nitrogens with zero attached hydrogens (tertiary/aromatic N) is 3. The minimum absolute atomic E-state index is 0.197. The fourth-order valence-electron chi connectivity index (χ4n) is 3.35. The molecule has 4 rings (SSSR count). The number of imidazole rings is 1. The van der Waals surface area contributed by atoms with Crippen LogP contribution in [-0.4, -0.2) is 25.9 Å². The molecule has 2 heterocycles. The molecular formula is C23H23F2N5O. The smallest absolute Gasteiger partial charge is 0.246 e. The zero-order valence-corrected chi connectivity index (χ0v) is 17.5. The van der Waals surface area contributed by atoms with E-state index >= 15 is 0 Å². The van der Waals surface area contributed by atoms with Crippen molar-refractivity contribution in [3.05, 3.63) is 71.7 Å². The molecule has 2 aromatic carbocycles. The number of halogens is 2. The molecule has 0 bridgehead atoms. The quantitative estimate of drug-likeness (QED) is 0.653. The number of hydrogen-bond acceptors (Lipinski definition) is 4. The topological polar surface area (TPSA) is 76.2 Å². The number of nitrogens with two attached hydrogens (primary N) is 1. The van der Waals surface area contributed by atoms with E-state index in [9.17, 15) is 13.6 Å². The van der Waals surface area contributed by atoms with Gasteiger partial charge in [0.15, 0.2) is 11.6 Å². The number of hydrogen-bond donors (Lipinski definition) is 2. The van der Waals surface area contributed by atoms with Crippen molar-refractivity contribution in [2.75, 3.05) is 5.32 Å². The van der Waals surface area contributed by atoms with E-state index in [4.69, 9.17) is 5.73 Å². The van der Waals surface area contributed by atoms with Gasteiger partial charge in [-0.2, -0.15) is 0 Å². The molecule has 1 aliphatic rings. The van der Waals surface area contributed by atoms with E-state index in [2.05, 4.69) is 10.3 Å². The first-order valence-corrected chi connectivity index (χ1v) is 9.82. The Labute approximate surface area is 179 Å². The molecule has 0 saturated heterocycles. The summed E-state index contributed by atoms with van der Waals surface area (Å²) in [5.41, 5.74) is 7.71.